The van der Waals surface area contributed by atoms with E-state index < -0.39 is 5.97 Å². The van der Waals surface area contributed by atoms with Crippen LogP contribution in [0.4, 0.5) is 0 Å². The summed E-state index contributed by atoms with van der Waals surface area (Å²) >= 11 is 3.32. The Balaban J connectivity index is 1.66. The molecule has 3 aromatic rings. The third-order valence-corrected chi connectivity index (χ3v) is 4.55. The Hall–Kier alpha value is -3.52. The smallest absolute Gasteiger partial charge is 0.343 e. The fourth-order valence-electron chi connectivity index (χ4n) is 2.43. The van der Waals surface area contributed by atoms with Gasteiger partial charge in [-0.25, -0.2) is 10.2 Å². The number of rotatable bonds is 6. The number of methoxy groups -OCH3 is 1. The number of pyridine rings is 1. The number of hydrogen-bond donors (Lipinski definition) is 1. The minimum Gasteiger partial charge on any atom is -0.493 e. The molecule has 1 N–H and O–H groups in total. The zero-order valence-corrected chi connectivity index (χ0v) is 17.8. The third-order valence-electron chi connectivity index (χ3n) is 4.02. The standard InChI is InChI=1S/C22H18BrN3O4/c1-14-3-5-17(13-24-14)21(27)26-25-12-15-4-10-19(20(11-15)29-2)30-22(28)16-6-8-18(23)9-7-16/h3-13H,1-2H3,(H,26,27). The van der Waals surface area contributed by atoms with E-state index in [1.807, 2.05) is 6.92 Å². The van der Waals surface area contributed by atoms with Gasteiger partial charge in [0.25, 0.3) is 5.91 Å². The molecule has 0 bridgehead atoms. The van der Waals surface area contributed by atoms with E-state index in [-0.39, 0.29) is 11.7 Å². The van der Waals surface area contributed by atoms with E-state index in [9.17, 15) is 9.59 Å². The number of esters is 1. The van der Waals surface area contributed by atoms with Crippen LogP contribution in [0.15, 0.2) is 70.4 Å². The Morgan fingerprint density at radius 2 is 1.77 bits per heavy atom. The van der Waals surface area contributed by atoms with Crippen LogP contribution in [0.5, 0.6) is 11.5 Å². The molecule has 0 aliphatic rings. The molecule has 3 rings (SSSR count). The largest absolute Gasteiger partial charge is 0.493 e. The van der Waals surface area contributed by atoms with Crippen LogP contribution in [0, 0.1) is 6.92 Å². The second kappa shape index (κ2) is 9.80. The number of hydrogen-bond acceptors (Lipinski definition) is 6. The van der Waals surface area contributed by atoms with E-state index in [2.05, 4.69) is 31.4 Å². The van der Waals surface area contributed by atoms with Crippen LogP contribution in [-0.4, -0.2) is 30.2 Å². The van der Waals surface area contributed by atoms with Gasteiger partial charge in [-0.15, -0.1) is 0 Å². The van der Waals surface area contributed by atoms with Crippen molar-refractivity contribution in [3.8, 4) is 11.5 Å². The van der Waals surface area contributed by atoms with Crippen LogP contribution >= 0.6 is 15.9 Å². The van der Waals surface area contributed by atoms with Crippen molar-refractivity contribution >= 4 is 34.0 Å². The van der Waals surface area contributed by atoms with E-state index in [0.717, 1.165) is 10.2 Å². The Kier molecular flexibility index (Phi) is 6.92. The maximum absolute atomic E-state index is 12.3. The number of ether oxygens (including phenoxy) is 2. The SMILES string of the molecule is COc1cc(C=NNC(=O)c2ccc(C)nc2)ccc1OC(=O)c1ccc(Br)cc1. The van der Waals surface area contributed by atoms with Crippen LogP contribution in [0.3, 0.4) is 0 Å². The molecule has 152 valence electrons. The second-order valence-electron chi connectivity index (χ2n) is 6.19. The molecule has 0 saturated carbocycles. The molecule has 0 unspecified atom stereocenters. The summed E-state index contributed by atoms with van der Waals surface area (Å²) in [6.45, 7) is 1.84. The van der Waals surface area contributed by atoms with Crippen LogP contribution < -0.4 is 14.9 Å². The molecule has 0 fully saturated rings. The van der Waals surface area contributed by atoms with Gasteiger partial charge in [-0.2, -0.15) is 5.10 Å². The van der Waals surface area contributed by atoms with Crippen molar-refractivity contribution in [1.29, 1.82) is 0 Å². The van der Waals surface area contributed by atoms with Crippen molar-refractivity contribution in [3.05, 3.63) is 87.7 Å². The highest BCUT2D eigenvalue weighted by Gasteiger charge is 2.13. The molecule has 7 nitrogen and oxygen atoms in total. The number of nitrogens with one attached hydrogen (secondary N) is 1. The van der Waals surface area contributed by atoms with Gasteiger partial charge in [-0.05, 0) is 67.1 Å². The summed E-state index contributed by atoms with van der Waals surface area (Å²) in [5.74, 6) is -0.234. The highest BCUT2D eigenvalue weighted by molar-refractivity contribution is 9.10. The van der Waals surface area contributed by atoms with Gasteiger partial charge in [-0.1, -0.05) is 15.9 Å². The van der Waals surface area contributed by atoms with Crippen molar-refractivity contribution in [3.63, 3.8) is 0 Å². The quantitative estimate of drug-likeness (QED) is 0.254. The summed E-state index contributed by atoms with van der Waals surface area (Å²) < 4.78 is 11.6. The molecule has 0 radical (unpaired) electrons. The highest BCUT2D eigenvalue weighted by Crippen LogP contribution is 2.28. The number of hydrazone groups is 1. The van der Waals surface area contributed by atoms with Gasteiger partial charge in [0, 0.05) is 16.4 Å². The average Bonchev–Trinajstić information content (AvgIpc) is 2.75. The average molecular weight is 468 g/mol. The highest BCUT2D eigenvalue weighted by atomic mass is 79.9. The molecule has 2 aromatic carbocycles. The van der Waals surface area contributed by atoms with Gasteiger partial charge in [0.1, 0.15) is 0 Å². The number of halogens is 1. The fourth-order valence-corrected chi connectivity index (χ4v) is 2.69. The first-order chi connectivity index (χ1) is 14.5. The summed E-state index contributed by atoms with van der Waals surface area (Å²) in [6, 6.07) is 15.2. The summed E-state index contributed by atoms with van der Waals surface area (Å²) in [7, 11) is 1.47. The maximum Gasteiger partial charge on any atom is 0.343 e. The summed E-state index contributed by atoms with van der Waals surface area (Å²) in [5.41, 5.74) is 4.73. The Bertz CT molecular complexity index is 1080. The number of carbonyl (C=O) groups excluding carboxylic acids is 2. The normalized spacial score (nSPS) is 10.6. The monoisotopic (exact) mass is 467 g/mol. The van der Waals surface area contributed by atoms with E-state index in [1.165, 1.54) is 19.5 Å². The first kappa shape index (κ1) is 21.2. The van der Waals surface area contributed by atoms with E-state index >= 15 is 0 Å². The van der Waals surface area contributed by atoms with Crippen LogP contribution in [0.1, 0.15) is 32.0 Å². The topological polar surface area (TPSA) is 89.9 Å². The predicted octanol–water partition coefficient (Wildman–Crippen LogP) is 4.14. The van der Waals surface area contributed by atoms with E-state index in [0.29, 0.717) is 22.4 Å². The molecule has 0 aliphatic carbocycles. The van der Waals surface area contributed by atoms with Gasteiger partial charge >= 0.3 is 5.97 Å². The first-order valence-electron chi connectivity index (χ1n) is 8.88. The zero-order valence-electron chi connectivity index (χ0n) is 16.3. The lowest BCUT2D eigenvalue weighted by Gasteiger charge is -2.10. The molecular formula is C22H18BrN3O4. The van der Waals surface area contributed by atoms with Crippen molar-refractivity contribution in [2.75, 3.05) is 7.11 Å². The third kappa shape index (κ3) is 5.51. The number of nitrogens with zero attached hydrogens (tertiary/aromatic N) is 2. The predicted molar refractivity (Wildman–Crippen MR) is 116 cm³/mol. The summed E-state index contributed by atoms with van der Waals surface area (Å²) in [4.78, 5) is 28.4. The second-order valence-corrected chi connectivity index (χ2v) is 7.11. The molecule has 30 heavy (non-hydrogen) atoms. The minimum absolute atomic E-state index is 0.275. The van der Waals surface area contributed by atoms with Crippen molar-refractivity contribution < 1.29 is 19.1 Å². The molecule has 1 heterocycles. The molecule has 0 aliphatic heterocycles. The van der Waals surface area contributed by atoms with E-state index in [4.69, 9.17) is 9.47 Å². The number of benzene rings is 2. The van der Waals surface area contributed by atoms with Gasteiger partial charge in [-0.3, -0.25) is 9.78 Å². The lowest BCUT2D eigenvalue weighted by atomic mass is 10.2. The molecule has 0 atom stereocenters. The summed E-state index contributed by atoms with van der Waals surface area (Å²) in [6.07, 6.45) is 2.94. The lowest BCUT2D eigenvalue weighted by Crippen LogP contribution is -2.17. The van der Waals surface area contributed by atoms with Crippen LogP contribution in [0.25, 0.3) is 0 Å². The molecule has 1 aromatic heterocycles. The first-order valence-corrected chi connectivity index (χ1v) is 9.67. The molecule has 8 heteroatoms. The maximum atomic E-state index is 12.3. The molecule has 0 spiro atoms. The van der Waals surface area contributed by atoms with Crippen LogP contribution in [-0.2, 0) is 0 Å². The lowest BCUT2D eigenvalue weighted by molar-refractivity contribution is 0.0729. The Labute approximate surface area is 181 Å². The zero-order chi connectivity index (χ0) is 21.5. The number of carbonyl (C=O) groups is 2. The Morgan fingerprint density at radius 3 is 2.43 bits per heavy atom. The van der Waals surface area contributed by atoms with Crippen molar-refractivity contribution in [1.82, 2.24) is 10.4 Å². The Morgan fingerprint density at radius 1 is 1.03 bits per heavy atom. The number of aryl methyl sites for hydroxylation is 1. The molecule has 1 amide bonds. The van der Waals surface area contributed by atoms with Gasteiger partial charge in [0.2, 0.25) is 0 Å². The molecule has 0 saturated heterocycles. The van der Waals surface area contributed by atoms with Crippen molar-refractivity contribution in [2.45, 2.75) is 6.92 Å². The van der Waals surface area contributed by atoms with Crippen LogP contribution in [0.2, 0.25) is 0 Å². The van der Waals surface area contributed by atoms with Crippen molar-refractivity contribution in [2.24, 2.45) is 5.10 Å². The minimum atomic E-state index is -0.499. The van der Waals surface area contributed by atoms with Gasteiger partial charge < -0.3 is 9.47 Å². The summed E-state index contributed by atoms with van der Waals surface area (Å²) in [5, 5.41) is 3.94. The van der Waals surface area contributed by atoms with E-state index in [1.54, 1.807) is 54.6 Å². The molecular weight excluding hydrogens is 450 g/mol. The van der Waals surface area contributed by atoms with Gasteiger partial charge in [0.15, 0.2) is 11.5 Å². The van der Waals surface area contributed by atoms with Gasteiger partial charge in [0.05, 0.1) is 24.5 Å². The number of amides is 1. The number of aromatic nitrogens is 1. The fraction of sp³-hybridized carbons (Fsp3) is 0.0909.